The number of aromatic nitrogens is 2. The van der Waals surface area contributed by atoms with Gasteiger partial charge in [-0.1, -0.05) is 88.4 Å². The molecule has 8 atom stereocenters. The molecule has 0 radical (unpaired) electrons. The number of hydrogen-bond donors (Lipinski definition) is 8. The number of nitrogens with zero attached hydrogens (tertiary/aromatic N) is 4. The van der Waals surface area contributed by atoms with E-state index >= 15 is 0 Å². The normalized spacial score (nSPS) is 24.0. The molecule has 3 saturated heterocycles. The van der Waals surface area contributed by atoms with E-state index in [1.165, 1.54) is 16.1 Å². The predicted molar refractivity (Wildman–Crippen MR) is 326 cm³/mol. The molecule has 8 N–H and O–H groups in total. The van der Waals surface area contributed by atoms with Crippen LogP contribution >= 0.6 is 0 Å². The standard InChI is InChI=1S/C34H46N4O8.C31H40N4O7/c1-20(2)25(30(41)35-21(3)31(42)38-15-7-8-27(37-38)32(43)44)17-29(40)34(18-45-33(5,6)46-19-34)14-13-23-9-10-24-11-12-26(22(4)39)36-28(24)16-23;1-18(2)23-15-27(38)31(16-36,17-37)12-11-21-7-8-22-9-10-24(33-26(22)14-21)20(4)42-30(41)25-6-5-13-35(34-25)29(40)19(3)32-28(23)39/h9-14,16,20-22,25,27,37,39H,7-8,15,17-19H2,1-6H3,(H,35,41)(H,43,44);7-12,14,18-20,23,25,34,36-37H,5-6,13,15-17H2,1-4H3,(H,32,39)/b14-13+;12-11+/t21-,22+,25-,27-;19-,20+,23-,25-/m00/s1. The van der Waals surface area contributed by atoms with Gasteiger partial charge in [0.05, 0.1) is 65.8 Å². The molecule has 0 saturated carbocycles. The van der Waals surface area contributed by atoms with Crippen LogP contribution in [0.1, 0.15) is 142 Å². The highest BCUT2D eigenvalue weighted by molar-refractivity contribution is 5.96. The van der Waals surface area contributed by atoms with Crippen molar-refractivity contribution in [2.75, 3.05) is 39.5 Å². The summed E-state index contributed by atoms with van der Waals surface area (Å²) >= 11 is 0. The Bertz CT molecular complexity index is 3280. The number of aliphatic hydroxyl groups is 3. The summed E-state index contributed by atoms with van der Waals surface area (Å²) in [5, 5.41) is 49.6. The van der Waals surface area contributed by atoms with Crippen LogP contribution in [-0.4, -0.2) is 157 Å². The number of aliphatic hydroxyl groups excluding tert-OH is 3. The summed E-state index contributed by atoms with van der Waals surface area (Å²) in [6, 6.07) is 15.0. The molecule has 4 aromatic rings. The van der Waals surface area contributed by atoms with Crippen LogP contribution in [0.15, 0.2) is 72.8 Å². The van der Waals surface area contributed by atoms with Crippen molar-refractivity contribution in [2.24, 2.45) is 34.5 Å². The lowest BCUT2D eigenvalue weighted by molar-refractivity contribution is -0.272. The van der Waals surface area contributed by atoms with Crippen LogP contribution < -0.4 is 21.5 Å². The number of ether oxygens (including phenoxy) is 3. The molecule has 88 heavy (non-hydrogen) atoms. The van der Waals surface area contributed by atoms with E-state index in [9.17, 15) is 58.8 Å². The number of carbonyl (C=O) groups excluding carboxylic acids is 7. The Morgan fingerprint density at radius 3 is 2.12 bits per heavy atom. The maximum atomic E-state index is 14.1. The summed E-state index contributed by atoms with van der Waals surface area (Å²) in [7, 11) is 0. The van der Waals surface area contributed by atoms with Crippen LogP contribution in [0.3, 0.4) is 0 Å². The third-order valence-electron chi connectivity index (χ3n) is 16.9. The van der Waals surface area contributed by atoms with Crippen molar-refractivity contribution in [3.63, 3.8) is 0 Å². The molecule has 2 aromatic carbocycles. The second-order valence-corrected chi connectivity index (χ2v) is 24.8. The average molecular weight is 1220 g/mol. The Hall–Kier alpha value is -7.38. The molecule has 0 unspecified atom stereocenters. The van der Waals surface area contributed by atoms with E-state index in [-0.39, 0.29) is 43.7 Å². The first kappa shape index (κ1) is 68.1. The molecule has 0 spiro atoms. The topological polar surface area (TPSA) is 326 Å². The molecule has 5 bridgehead atoms. The first-order valence-electron chi connectivity index (χ1n) is 30.2. The Kier molecular flexibility index (Phi) is 22.7. The van der Waals surface area contributed by atoms with Crippen molar-refractivity contribution in [3.8, 4) is 0 Å². The second-order valence-electron chi connectivity index (χ2n) is 24.8. The summed E-state index contributed by atoms with van der Waals surface area (Å²) in [5.74, 6) is -7.02. The molecule has 4 aliphatic heterocycles. The minimum Gasteiger partial charge on any atom is -0.480 e. The highest BCUT2D eigenvalue weighted by atomic mass is 16.7. The Morgan fingerprint density at radius 2 is 1.48 bits per heavy atom. The number of cyclic esters (lactones) is 1. The second kappa shape index (κ2) is 29.3. The number of ketones is 2. The Morgan fingerprint density at radius 1 is 0.830 bits per heavy atom. The summed E-state index contributed by atoms with van der Waals surface area (Å²) in [6.07, 6.45) is 6.93. The number of Topliss-reactive ketones (excluding diaryl/α,β-unsaturated/α-hetero) is 2. The Balaban J connectivity index is 0.000000252. The zero-order valence-corrected chi connectivity index (χ0v) is 51.9. The van der Waals surface area contributed by atoms with Crippen LogP contribution in [0.2, 0.25) is 0 Å². The fourth-order valence-electron chi connectivity index (χ4n) is 10.8. The van der Waals surface area contributed by atoms with Gasteiger partial charge in [-0.05, 0) is 114 Å². The van der Waals surface area contributed by atoms with Crippen molar-refractivity contribution in [2.45, 2.75) is 150 Å². The van der Waals surface area contributed by atoms with Gasteiger partial charge in [0.25, 0.3) is 11.8 Å². The highest BCUT2D eigenvalue weighted by Crippen LogP contribution is 2.36. The molecule has 8 rings (SSSR count). The fraction of sp³-hybridized carbons (Fsp3) is 0.538. The third-order valence-corrected chi connectivity index (χ3v) is 16.9. The molecule has 476 valence electrons. The van der Waals surface area contributed by atoms with Crippen LogP contribution in [0.5, 0.6) is 0 Å². The van der Waals surface area contributed by atoms with Gasteiger partial charge in [-0.15, -0.1) is 0 Å². The van der Waals surface area contributed by atoms with Crippen molar-refractivity contribution in [1.82, 2.24) is 41.5 Å². The molecule has 0 aliphatic carbocycles. The van der Waals surface area contributed by atoms with Gasteiger partial charge in [-0.3, -0.25) is 53.4 Å². The van der Waals surface area contributed by atoms with E-state index in [1.54, 1.807) is 85.7 Å². The maximum absolute atomic E-state index is 14.1. The van der Waals surface area contributed by atoms with Crippen LogP contribution in [-0.2, 0) is 52.6 Å². The quantitative estimate of drug-likeness (QED) is 0.0727. The number of carboxylic acid groups (broad SMARTS) is 1. The van der Waals surface area contributed by atoms with E-state index in [0.717, 1.165) is 16.3 Å². The number of pyridine rings is 2. The minimum absolute atomic E-state index is 0.0556. The zero-order valence-electron chi connectivity index (χ0n) is 51.9. The lowest BCUT2D eigenvalue weighted by atomic mass is 9.77. The van der Waals surface area contributed by atoms with E-state index in [1.807, 2.05) is 62.4 Å². The van der Waals surface area contributed by atoms with Crippen molar-refractivity contribution < 1.29 is 73.0 Å². The first-order chi connectivity index (χ1) is 41.6. The maximum Gasteiger partial charge on any atom is 0.325 e. The van der Waals surface area contributed by atoms with Crippen molar-refractivity contribution >= 4 is 81.1 Å². The summed E-state index contributed by atoms with van der Waals surface area (Å²) in [4.78, 5) is 114. The number of rotatable bonds is 14. The predicted octanol–water partition coefficient (Wildman–Crippen LogP) is 5.46. The number of aliphatic carboxylic acids is 1. The molecule has 3 fully saturated rings. The molecular formula is C65H86N8O15. The fourth-order valence-corrected chi connectivity index (χ4v) is 10.8. The zero-order chi connectivity index (χ0) is 64.4. The number of fused-ring (bicyclic) bond motifs is 5. The molecule has 4 amide bonds. The van der Waals surface area contributed by atoms with Crippen molar-refractivity contribution in [1.29, 1.82) is 0 Å². The van der Waals surface area contributed by atoms with Gasteiger partial charge in [0.1, 0.15) is 41.8 Å². The first-order valence-corrected chi connectivity index (χ1v) is 30.2. The van der Waals surface area contributed by atoms with Crippen LogP contribution in [0.25, 0.3) is 34.0 Å². The summed E-state index contributed by atoms with van der Waals surface area (Å²) < 4.78 is 17.6. The number of benzene rings is 2. The van der Waals surface area contributed by atoms with Crippen molar-refractivity contribution in [3.05, 3.63) is 95.3 Å². The van der Waals surface area contributed by atoms with Gasteiger partial charge in [-0.2, -0.15) is 0 Å². The van der Waals surface area contributed by atoms with E-state index in [4.69, 9.17) is 14.2 Å². The SMILES string of the molecule is CC(C)[C@@H]1CC(=O)C(CO)(CO)/C=C/c2ccc3ccc(nc3c2)[C@@H](C)OC(=O)[C@@H]2CCCN(N2)C(=O)[C@H](C)NC1=O.CC(C)[C@H](CC(=O)C1(/C=C/c2ccc3ccc([C@@H](C)O)nc3c2)COC(C)(C)OC1)C(=O)N[C@@H](C)C(=O)N1CCC[C@@H](C(=O)O)N1. The largest absolute Gasteiger partial charge is 0.480 e. The van der Waals surface area contributed by atoms with Crippen LogP contribution in [0.4, 0.5) is 0 Å². The van der Waals surface area contributed by atoms with Gasteiger partial charge in [0.2, 0.25) is 11.8 Å². The van der Waals surface area contributed by atoms with E-state index in [2.05, 4.69) is 31.5 Å². The van der Waals surface area contributed by atoms with E-state index < -0.39 is 119 Å². The van der Waals surface area contributed by atoms with Gasteiger partial charge in [0.15, 0.2) is 5.79 Å². The van der Waals surface area contributed by atoms with Gasteiger partial charge < -0.3 is 45.3 Å². The minimum atomic E-state index is -1.62. The third kappa shape index (κ3) is 16.7. The van der Waals surface area contributed by atoms with Crippen LogP contribution in [0, 0.1) is 34.5 Å². The highest BCUT2D eigenvalue weighted by Gasteiger charge is 2.46. The molecular weight excluding hydrogens is 1130 g/mol. The number of carbonyl (C=O) groups is 8. The monoisotopic (exact) mass is 1220 g/mol. The smallest absolute Gasteiger partial charge is 0.325 e. The molecule has 6 heterocycles. The number of nitrogens with one attached hydrogen (secondary N) is 4. The number of hydrogen-bond acceptors (Lipinski definition) is 18. The lowest BCUT2D eigenvalue weighted by Crippen LogP contribution is -2.59. The molecule has 23 nitrogen and oxygen atoms in total. The molecule has 23 heteroatoms. The lowest BCUT2D eigenvalue weighted by Gasteiger charge is -2.41. The van der Waals surface area contributed by atoms with Gasteiger partial charge >= 0.3 is 11.9 Å². The number of amides is 4. The van der Waals surface area contributed by atoms with E-state index in [0.29, 0.717) is 66.8 Å². The Labute approximate surface area is 513 Å². The molecule has 2 aromatic heterocycles. The summed E-state index contributed by atoms with van der Waals surface area (Å²) in [6.45, 7) is 16.8. The summed E-state index contributed by atoms with van der Waals surface area (Å²) in [5.41, 5.74) is 6.79. The number of esters is 1. The number of hydrazine groups is 2. The van der Waals surface area contributed by atoms with Gasteiger partial charge in [-0.25, -0.2) is 15.8 Å². The van der Waals surface area contributed by atoms with Gasteiger partial charge in [0, 0.05) is 48.5 Å². The molecule has 4 aliphatic rings. The average Bonchev–Trinajstić information content (AvgIpc) is 1.81. The number of carboxylic acids is 1.